The Hall–Kier alpha value is -2.66. The van der Waals surface area contributed by atoms with Crippen molar-refractivity contribution in [3.05, 3.63) is 23.5 Å². The van der Waals surface area contributed by atoms with Gasteiger partial charge in [-0.15, -0.1) is 0 Å². The minimum atomic E-state index is -4.40. The molecule has 1 saturated carbocycles. The van der Waals surface area contributed by atoms with Crippen LogP contribution in [0.5, 0.6) is 0 Å². The molecule has 8 nitrogen and oxygen atoms in total. The Balaban J connectivity index is 1.51. The second kappa shape index (κ2) is 9.43. The first-order chi connectivity index (χ1) is 14.3. The van der Waals surface area contributed by atoms with Gasteiger partial charge in [0.2, 0.25) is 5.91 Å². The third kappa shape index (κ3) is 5.48. The Morgan fingerprint density at radius 1 is 1.37 bits per heavy atom. The fraction of sp³-hybridized carbons (Fsp3) is 0.526. The van der Waals surface area contributed by atoms with E-state index < -0.39 is 18.6 Å². The van der Waals surface area contributed by atoms with Gasteiger partial charge in [-0.1, -0.05) is 0 Å². The summed E-state index contributed by atoms with van der Waals surface area (Å²) in [6.07, 6.45) is 2.53. The van der Waals surface area contributed by atoms with E-state index in [4.69, 9.17) is 5.84 Å². The SMILES string of the molecule is C=N/C(=C1/c2cc[nH]c2N=CN1N)C1CCC(CNCC(=O)NCC(F)(F)F)CC1. The standard InChI is InChI=1S/C19H26F3N7O/c1-24-16(17-14-6-7-26-18(14)28-11-29(17)23)13-4-2-12(3-5-13)8-25-9-15(30)27-10-19(20,21)22/h6-7,11-13,25-26H,1-5,8-10,23H2,(H,27,30)/b17-16-. The zero-order valence-electron chi connectivity index (χ0n) is 16.5. The summed E-state index contributed by atoms with van der Waals surface area (Å²) in [7, 11) is 0. The monoisotopic (exact) mass is 425 g/mol. The number of aliphatic imine (C=N–C) groups is 2. The van der Waals surface area contributed by atoms with E-state index in [-0.39, 0.29) is 12.5 Å². The number of nitrogens with one attached hydrogen (secondary N) is 3. The summed E-state index contributed by atoms with van der Waals surface area (Å²) in [4.78, 5) is 23.1. The number of hydrogen-bond acceptors (Lipinski definition) is 6. The van der Waals surface area contributed by atoms with Crippen molar-refractivity contribution in [3.8, 4) is 0 Å². The van der Waals surface area contributed by atoms with E-state index in [1.807, 2.05) is 11.4 Å². The quantitative estimate of drug-likeness (QED) is 0.397. The summed E-state index contributed by atoms with van der Waals surface area (Å²) in [5.74, 6) is 6.73. The lowest BCUT2D eigenvalue weighted by molar-refractivity contribution is -0.137. The Morgan fingerprint density at radius 3 is 2.77 bits per heavy atom. The minimum Gasteiger partial charge on any atom is -0.346 e. The summed E-state index contributed by atoms with van der Waals surface area (Å²) in [6.45, 7) is 2.89. The van der Waals surface area contributed by atoms with Gasteiger partial charge in [-0.2, -0.15) is 13.2 Å². The maximum atomic E-state index is 12.1. The lowest BCUT2D eigenvalue weighted by Crippen LogP contribution is -2.40. The van der Waals surface area contributed by atoms with Gasteiger partial charge in [0.15, 0.2) is 0 Å². The van der Waals surface area contributed by atoms with E-state index in [0.717, 1.165) is 48.5 Å². The summed E-state index contributed by atoms with van der Waals surface area (Å²) in [5.41, 5.74) is 2.51. The van der Waals surface area contributed by atoms with Crippen LogP contribution in [-0.2, 0) is 4.79 Å². The van der Waals surface area contributed by atoms with Gasteiger partial charge in [-0.3, -0.25) is 14.8 Å². The first-order valence-corrected chi connectivity index (χ1v) is 9.79. The number of allylic oxidation sites excluding steroid dienone is 1. The molecule has 0 radical (unpaired) electrons. The van der Waals surface area contributed by atoms with Gasteiger partial charge < -0.3 is 15.6 Å². The van der Waals surface area contributed by atoms with E-state index in [2.05, 4.69) is 27.0 Å². The van der Waals surface area contributed by atoms with Gasteiger partial charge in [-0.25, -0.2) is 10.8 Å². The third-order valence-corrected chi connectivity index (χ3v) is 5.40. The minimum absolute atomic E-state index is 0.128. The molecule has 5 N–H and O–H groups in total. The smallest absolute Gasteiger partial charge is 0.346 e. The van der Waals surface area contributed by atoms with Gasteiger partial charge in [0.05, 0.1) is 17.9 Å². The van der Waals surface area contributed by atoms with E-state index in [9.17, 15) is 18.0 Å². The van der Waals surface area contributed by atoms with Crippen LogP contribution in [0.15, 0.2) is 27.9 Å². The normalized spacial score (nSPS) is 23.1. The largest absolute Gasteiger partial charge is 0.405 e. The van der Waals surface area contributed by atoms with Crippen molar-refractivity contribution in [1.29, 1.82) is 0 Å². The lowest BCUT2D eigenvalue weighted by Gasteiger charge is -2.32. The number of nitrogens with zero attached hydrogens (tertiary/aromatic N) is 3. The number of halogens is 3. The number of amides is 1. The average molecular weight is 425 g/mol. The van der Waals surface area contributed by atoms with Gasteiger partial charge in [0, 0.05) is 17.7 Å². The number of aromatic amines is 1. The molecule has 0 unspecified atom stereocenters. The predicted octanol–water partition coefficient (Wildman–Crippen LogP) is 2.31. The number of carbonyl (C=O) groups is 1. The van der Waals surface area contributed by atoms with Crippen LogP contribution in [-0.4, -0.2) is 54.8 Å². The maximum Gasteiger partial charge on any atom is 0.405 e. The average Bonchev–Trinajstić information content (AvgIpc) is 3.18. The van der Waals surface area contributed by atoms with Gasteiger partial charge in [0.25, 0.3) is 0 Å². The number of hydrogen-bond donors (Lipinski definition) is 4. The number of alkyl halides is 3. The van der Waals surface area contributed by atoms with Gasteiger partial charge in [-0.05, 0) is 50.9 Å². The zero-order valence-corrected chi connectivity index (χ0v) is 16.5. The second-order valence-corrected chi connectivity index (χ2v) is 7.52. The van der Waals surface area contributed by atoms with E-state index in [1.54, 1.807) is 12.5 Å². The molecule has 1 aliphatic carbocycles. The molecule has 0 atom stereocenters. The van der Waals surface area contributed by atoms with Crippen molar-refractivity contribution in [2.24, 2.45) is 27.7 Å². The summed E-state index contributed by atoms with van der Waals surface area (Å²) in [6, 6.07) is 1.91. The number of aromatic nitrogens is 1. The topological polar surface area (TPSA) is 111 Å². The molecule has 1 amide bonds. The van der Waals surface area contributed by atoms with Crippen molar-refractivity contribution in [2.75, 3.05) is 19.6 Å². The highest BCUT2D eigenvalue weighted by Crippen LogP contribution is 2.40. The number of hydrazine groups is 1. The van der Waals surface area contributed by atoms with Crippen molar-refractivity contribution >= 4 is 30.5 Å². The third-order valence-electron chi connectivity index (χ3n) is 5.40. The van der Waals surface area contributed by atoms with Gasteiger partial charge >= 0.3 is 6.18 Å². The van der Waals surface area contributed by atoms with Crippen LogP contribution in [0.2, 0.25) is 0 Å². The van der Waals surface area contributed by atoms with E-state index >= 15 is 0 Å². The molecule has 11 heteroatoms. The highest BCUT2D eigenvalue weighted by atomic mass is 19.4. The van der Waals surface area contributed by atoms with Crippen molar-refractivity contribution in [3.63, 3.8) is 0 Å². The Labute approximate surface area is 172 Å². The number of fused-ring (bicyclic) bond motifs is 1. The van der Waals surface area contributed by atoms with Crippen molar-refractivity contribution in [1.82, 2.24) is 20.6 Å². The van der Waals surface area contributed by atoms with Crippen LogP contribution < -0.4 is 16.5 Å². The highest BCUT2D eigenvalue weighted by molar-refractivity contribution is 5.87. The highest BCUT2D eigenvalue weighted by Gasteiger charge is 2.30. The van der Waals surface area contributed by atoms with Crippen LogP contribution in [0, 0.1) is 11.8 Å². The molecule has 0 saturated heterocycles. The van der Waals surface area contributed by atoms with Crippen LogP contribution in [0.1, 0.15) is 31.2 Å². The number of nitrogens with two attached hydrogens (primary N) is 1. The molecule has 2 heterocycles. The molecule has 164 valence electrons. The molecular formula is C19H26F3N7O. The van der Waals surface area contributed by atoms with Crippen LogP contribution in [0.25, 0.3) is 5.70 Å². The van der Waals surface area contributed by atoms with E-state index in [0.29, 0.717) is 12.5 Å². The first kappa shape index (κ1) is 22.0. The first-order valence-electron chi connectivity index (χ1n) is 9.79. The molecule has 2 aliphatic rings. The molecule has 0 spiro atoms. The molecule has 0 bridgehead atoms. The Morgan fingerprint density at radius 2 is 2.10 bits per heavy atom. The molecule has 1 fully saturated rings. The predicted molar refractivity (Wildman–Crippen MR) is 109 cm³/mol. The van der Waals surface area contributed by atoms with Crippen LogP contribution in [0.4, 0.5) is 19.0 Å². The molecule has 0 aromatic carbocycles. The van der Waals surface area contributed by atoms with Crippen molar-refractivity contribution < 1.29 is 18.0 Å². The van der Waals surface area contributed by atoms with Crippen molar-refractivity contribution in [2.45, 2.75) is 31.9 Å². The molecular weight excluding hydrogens is 399 g/mol. The summed E-state index contributed by atoms with van der Waals surface area (Å²) >= 11 is 0. The van der Waals surface area contributed by atoms with Gasteiger partial charge in [0.1, 0.15) is 18.7 Å². The lowest BCUT2D eigenvalue weighted by atomic mass is 9.79. The molecule has 1 aromatic heterocycles. The zero-order chi connectivity index (χ0) is 21.7. The summed E-state index contributed by atoms with van der Waals surface area (Å²) in [5, 5.41) is 6.27. The number of carbonyl (C=O) groups excluding carboxylic acids is 1. The van der Waals surface area contributed by atoms with E-state index in [1.165, 1.54) is 5.01 Å². The molecule has 1 aromatic rings. The van der Waals surface area contributed by atoms with Crippen LogP contribution >= 0.6 is 0 Å². The Kier molecular flexibility index (Phi) is 6.93. The Bertz CT molecular complexity index is 822. The maximum absolute atomic E-state index is 12.1. The fourth-order valence-corrected chi connectivity index (χ4v) is 3.93. The fourth-order valence-electron chi connectivity index (χ4n) is 3.93. The molecule has 1 aliphatic heterocycles. The molecule has 30 heavy (non-hydrogen) atoms. The summed E-state index contributed by atoms with van der Waals surface area (Å²) < 4.78 is 36.3. The number of rotatable bonds is 7. The molecule has 3 rings (SSSR count). The second-order valence-electron chi connectivity index (χ2n) is 7.52. The van der Waals surface area contributed by atoms with Crippen LogP contribution in [0.3, 0.4) is 0 Å². The number of H-pyrrole nitrogens is 1.